The molecule has 0 bridgehead atoms. The van der Waals surface area contributed by atoms with E-state index in [1.54, 1.807) is 6.08 Å². The monoisotopic (exact) mass is 354 g/mol. The van der Waals surface area contributed by atoms with Gasteiger partial charge in [0.05, 0.1) is 0 Å². The number of benzene rings is 2. The summed E-state index contributed by atoms with van der Waals surface area (Å²) in [6.45, 7) is 0.452. The van der Waals surface area contributed by atoms with Crippen molar-refractivity contribution in [3.63, 3.8) is 0 Å². The predicted molar refractivity (Wildman–Crippen MR) is 99.9 cm³/mol. The molecule has 6 heteroatoms. The molecular weight excluding hydrogens is 332 g/mol. The Morgan fingerprint density at radius 1 is 1.12 bits per heavy atom. The number of ether oxygens (including phenoxy) is 1. The van der Waals surface area contributed by atoms with Gasteiger partial charge in [-0.3, -0.25) is 4.79 Å². The Hall–Kier alpha value is -3.28. The minimum atomic E-state index is -1.24. The fourth-order valence-corrected chi connectivity index (χ4v) is 2.37. The van der Waals surface area contributed by atoms with Crippen molar-refractivity contribution in [3.05, 3.63) is 71.8 Å². The van der Waals surface area contributed by atoms with Crippen molar-refractivity contribution in [1.29, 1.82) is 0 Å². The number of hydrogen-bond donors (Lipinski definition) is 3. The van der Waals surface area contributed by atoms with Crippen LogP contribution in [0.25, 0.3) is 6.08 Å². The summed E-state index contributed by atoms with van der Waals surface area (Å²) in [7, 11) is 1.47. The predicted octanol–water partition coefficient (Wildman–Crippen LogP) is 3.05. The lowest BCUT2D eigenvalue weighted by molar-refractivity contribution is -0.122. The molecule has 2 amide bonds. The summed E-state index contributed by atoms with van der Waals surface area (Å²) in [6, 6.07) is 16.5. The molecule has 0 spiro atoms. The average molecular weight is 354 g/mol. The van der Waals surface area contributed by atoms with E-state index in [1.165, 1.54) is 7.05 Å². The van der Waals surface area contributed by atoms with E-state index < -0.39 is 12.1 Å². The fourth-order valence-electron chi connectivity index (χ4n) is 2.37. The second-order valence-electron chi connectivity index (χ2n) is 5.57. The Morgan fingerprint density at radius 3 is 2.50 bits per heavy atom. The van der Waals surface area contributed by atoms with Gasteiger partial charge in [0.1, 0.15) is 18.4 Å². The molecule has 2 aromatic carbocycles. The van der Waals surface area contributed by atoms with E-state index in [9.17, 15) is 9.59 Å². The normalized spacial score (nSPS) is 11.7. The van der Waals surface area contributed by atoms with Crippen molar-refractivity contribution in [2.75, 3.05) is 7.05 Å². The summed E-state index contributed by atoms with van der Waals surface area (Å²) in [5, 5.41) is 13.5. The van der Waals surface area contributed by atoms with Crippen LogP contribution in [0.3, 0.4) is 0 Å². The van der Waals surface area contributed by atoms with Crippen LogP contribution >= 0.6 is 0 Å². The zero-order valence-corrected chi connectivity index (χ0v) is 14.5. The molecule has 1 atom stereocenters. The molecule has 0 aliphatic heterocycles. The lowest BCUT2D eigenvalue weighted by atomic mass is 10.1. The zero-order chi connectivity index (χ0) is 18.8. The van der Waals surface area contributed by atoms with Gasteiger partial charge in [-0.2, -0.15) is 0 Å². The lowest BCUT2D eigenvalue weighted by Crippen LogP contribution is -2.44. The maximum atomic E-state index is 11.7. The second-order valence-corrected chi connectivity index (χ2v) is 5.57. The quantitative estimate of drug-likeness (QED) is 0.680. The van der Waals surface area contributed by atoms with Crippen LogP contribution in [0.15, 0.2) is 60.7 Å². The van der Waals surface area contributed by atoms with Crippen LogP contribution < -0.4 is 15.4 Å². The first-order chi connectivity index (χ1) is 12.6. The SMILES string of the molecule is CNC(=O)C(CC=Cc1ccccc1OCc1ccccc1)NC(=O)O. The molecule has 0 aliphatic carbocycles. The summed E-state index contributed by atoms with van der Waals surface area (Å²) < 4.78 is 5.87. The van der Waals surface area contributed by atoms with Crippen LogP contribution in [0.1, 0.15) is 17.5 Å². The standard InChI is InChI=1S/C20H22N2O4/c1-21-19(23)17(22-20(24)25)12-7-11-16-10-5-6-13-18(16)26-14-15-8-3-2-4-9-15/h2-11,13,17,22H,12,14H2,1H3,(H,21,23)(H,24,25). The minimum Gasteiger partial charge on any atom is -0.488 e. The van der Waals surface area contributed by atoms with E-state index in [0.29, 0.717) is 6.61 Å². The van der Waals surface area contributed by atoms with Crippen LogP contribution in [0.4, 0.5) is 4.79 Å². The molecule has 6 nitrogen and oxygen atoms in total. The lowest BCUT2D eigenvalue weighted by Gasteiger charge is -2.13. The Kier molecular flexibility index (Phi) is 7.24. The van der Waals surface area contributed by atoms with Crippen molar-refractivity contribution in [3.8, 4) is 5.75 Å². The van der Waals surface area contributed by atoms with E-state index in [-0.39, 0.29) is 12.3 Å². The first kappa shape index (κ1) is 19.1. The summed E-state index contributed by atoms with van der Waals surface area (Å²) in [5.41, 5.74) is 1.92. The van der Waals surface area contributed by atoms with Crippen molar-refractivity contribution in [1.82, 2.24) is 10.6 Å². The van der Waals surface area contributed by atoms with Crippen LogP contribution in [-0.4, -0.2) is 30.2 Å². The first-order valence-corrected chi connectivity index (χ1v) is 8.23. The smallest absolute Gasteiger partial charge is 0.405 e. The Labute approximate surface area is 152 Å². The van der Waals surface area contributed by atoms with Gasteiger partial charge in [-0.05, 0) is 18.1 Å². The Bertz CT molecular complexity index is 759. The Balaban J connectivity index is 2.02. The van der Waals surface area contributed by atoms with E-state index >= 15 is 0 Å². The van der Waals surface area contributed by atoms with Gasteiger partial charge >= 0.3 is 6.09 Å². The molecule has 26 heavy (non-hydrogen) atoms. The van der Waals surface area contributed by atoms with Crippen molar-refractivity contribution < 1.29 is 19.4 Å². The second kappa shape index (κ2) is 9.88. The Morgan fingerprint density at radius 2 is 1.81 bits per heavy atom. The number of carboxylic acid groups (broad SMARTS) is 1. The summed E-state index contributed by atoms with van der Waals surface area (Å²) >= 11 is 0. The van der Waals surface area contributed by atoms with Crippen molar-refractivity contribution >= 4 is 18.1 Å². The number of para-hydroxylation sites is 1. The molecule has 0 heterocycles. The number of amides is 2. The zero-order valence-electron chi connectivity index (χ0n) is 14.5. The van der Waals surface area contributed by atoms with Gasteiger partial charge < -0.3 is 20.5 Å². The van der Waals surface area contributed by atoms with Gasteiger partial charge in [-0.15, -0.1) is 0 Å². The highest BCUT2D eigenvalue weighted by molar-refractivity contribution is 5.85. The van der Waals surface area contributed by atoms with E-state index in [1.807, 2.05) is 60.7 Å². The summed E-state index contributed by atoms with van der Waals surface area (Å²) in [4.78, 5) is 22.5. The van der Waals surface area contributed by atoms with Gasteiger partial charge in [-0.25, -0.2) is 4.79 Å². The third-order valence-corrected chi connectivity index (χ3v) is 3.69. The van der Waals surface area contributed by atoms with Gasteiger partial charge in [0, 0.05) is 12.6 Å². The third kappa shape index (κ3) is 5.98. The molecule has 0 radical (unpaired) electrons. The highest BCUT2D eigenvalue weighted by Crippen LogP contribution is 2.21. The minimum absolute atomic E-state index is 0.235. The summed E-state index contributed by atoms with van der Waals surface area (Å²) in [6.07, 6.45) is 2.57. The molecule has 0 saturated heterocycles. The van der Waals surface area contributed by atoms with Crippen LogP contribution in [0, 0.1) is 0 Å². The largest absolute Gasteiger partial charge is 0.488 e. The number of hydrogen-bond acceptors (Lipinski definition) is 3. The number of likely N-dealkylation sites (N-methyl/N-ethyl adjacent to an activating group) is 1. The van der Waals surface area contributed by atoms with E-state index in [0.717, 1.165) is 16.9 Å². The summed E-state index contributed by atoms with van der Waals surface area (Å²) in [5.74, 6) is 0.334. The number of rotatable bonds is 8. The molecular formula is C20H22N2O4. The number of carbonyl (C=O) groups is 2. The van der Waals surface area contributed by atoms with Gasteiger partial charge in [-0.1, -0.05) is 60.7 Å². The van der Waals surface area contributed by atoms with Crippen molar-refractivity contribution in [2.45, 2.75) is 19.1 Å². The molecule has 2 aromatic rings. The fraction of sp³-hybridized carbons (Fsp3) is 0.200. The highest BCUT2D eigenvalue weighted by atomic mass is 16.5. The van der Waals surface area contributed by atoms with E-state index in [4.69, 9.17) is 9.84 Å². The topological polar surface area (TPSA) is 87.7 Å². The number of carbonyl (C=O) groups excluding carboxylic acids is 1. The molecule has 0 fully saturated rings. The van der Waals surface area contributed by atoms with Gasteiger partial charge in [0.15, 0.2) is 0 Å². The molecule has 0 aliphatic rings. The molecule has 0 saturated carbocycles. The van der Waals surface area contributed by atoms with Crippen molar-refractivity contribution in [2.24, 2.45) is 0 Å². The molecule has 3 N–H and O–H groups in total. The van der Waals surface area contributed by atoms with Gasteiger partial charge in [0.2, 0.25) is 5.91 Å². The third-order valence-electron chi connectivity index (χ3n) is 3.69. The molecule has 0 aromatic heterocycles. The molecule has 2 rings (SSSR count). The van der Waals surface area contributed by atoms with Gasteiger partial charge in [0.25, 0.3) is 0 Å². The maximum Gasteiger partial charge on any atom is 0.405 e. The van der Waals surface area contributed by atoms with E-state index in [2.05, 4.69) is 10.6 Å². The first-order valence-electron chi connectivity index (χ1n) is 8.23. The van der Waals surface area contributed by atoms with Crippen LogP contribution in [-0.2, 0) is 11.4 Å². The maximum absolute atomic E-state index is 11.7. The molecule has 1 unspecified atom stereocenters. The average Bonchev–Trinajstić information content (AvgIpc) is 2.66. The van der Waals surface area contributed by atoms with Crippen LogP contribution in [0.5, 0.6) is 5.75 Å². The highest BCUT2D eigenvalue weighted by Gasteiger charge is 2.17. The molecule has 136 valence electrons. The number of nitrogens with one attached hydrogen (secondary N) is 2. The van der Waals surface area contributed by atoms with Crippen LogP contribution in [0.2, 0.25) is 0 Å².